The number of aliphatic hydroxyl groups excluding tert-OH is 1. The molecule has 0 atom stereocenters. The Hall–Kier alpha value is -1.72. The van der Waals surface area contributed by atoms with Gasteiger partial charge in [0.2, 0.25) is 6.79 Å². The van der Waals surface area contributed by atoms with Crippen LogP contribution in [0.3, 0.4) is 0 Å². The molecule has 1 aliphatic rings. The molecule has 1 heterocycles. The number of halogens is 1. The van der Waals surface area contributed by atoms with E-state index in [-0.39, 0.29) is 13.4 Å². The van der Waals surface area contributed by atoms with Gasteiger partial charge in [0.15, 0.2) is 11.5 Å². The van der Waals surface area contributed by atoms with E-state index in [9.17, 15) is 5.11 Å². The number of hydrogen-bond donors (Lipinski definition) is 1. The molecule has 0 saturated carbocycles. The van der Waals surface area contributed by atoms with Crippen LogP contribution in [0, 0.1) is 0 Å². The van der Waals surface area contributed by atoms with Gasteiger partial charge in [-0.05, 0) is 23.8 Å². The molecule has 0 aliphatic carbocycles. The first kappa shape index (κ1) is 13.3. The van der Waals surface area contributed by atoms with Gasteiger partial charge in [0.05, 0.1) is 6.61 Å². The average molecular weight is 337 g/mol. The molecule has 5 heteroatoms. The van der Waals surface area contributed by atoms with E-state index < -0.39 is 0 Å². The first-order chi connectivity index (χ1) is 9.76. The molecule has 0 bridgehead atoms. The van der Waals surface area contributed by atoms with Crippen molar-refractivity contribution in [3.63, 3.8) is 0 Å². The van der Waals surface area contributed by atoms with Crippen LogP contribution in [-0.2, 0) is 13.2 Å². The molecule has 1 N–H and O–H groups in total. The molecule has 2 aromatic rings. The van der Waals surface area contributed by atoms with Crippen molar-refractivity contribution >= 4 is 15.9 Å². The largest absolute Gasteiger partial charge is 0.488 e. The number of ether oxygens (including phenoxy) is 3. The normalized spacial score (nSPS) is 12.5. The lowest BCUT2D eigenvalue weighted by molar-refractivity contribution is 0.173. The Kier molecular flexibility index (Phi) is 3.80. The molecule has 0 fully saturated rings. The van der Waals surface area contributed by atoms with E-state index in [4.69, 9.17) is 14.2 Å². The third-order valence-electron chi connectivity index (χ3n) is 3.01. The lowest BCUT2D eigenvalue weighted by atomic mass is 10.2. The van der Waals surface area contributed by atoms with Crippen LogP contribution < -0.4 is 14.2 Å². The zero-order chi connectivity index (χ0) is 13.9. The summed E-state index contributed by atoms with van der Waals surface area (Å²) >= 11 is 3.43. The third kappa shape index (κ3) is 2.73. The lowest BCUT2D eigenvalue weighted by Crippen LogP contribution is -1.99. The number of aliphatic hydroxyl groups is 1. The van der Waals surface area contributed by atoms with E-state index >= 15 is 0 Å². The molecule has 0 unspecified atom stereocenters. The molecule has 104 valence electrons. The highest BCUT2D eigenvalue weighted by molar-refractivity contribution is 9.10. The summed E-state index contributed by atoms with van der Waals surface area (Å²) in [7, 11) is 0. The smallest absolute Gasteiger partial charge is 0.231 e. The van der Waals surface area contributed by atoms with E-state index in [0.717, 1.165) is 10.0 Å². The van der Waals surface area contributed by atoms with Gasteiger partial charge < -0.3 is 19.3 Å². The minimum atomic E-state index is -0.107. The van der Waals surface area contributed by atoms with Crippen LogP contribution in [0.1, 0.15) is 11.1 Å². The van der Waals surface area contributed by atoms with Crippen molar-refractivity contribution in [2.24, 2.45) is 0 Å². The maximum Gasteiger partial charge on any atom is 0.231 e. The van der Waals surface area contributed by atoms with Gasteiger partial charge in [-0.25, -0.2) is 0 Å². The predicted octanol–water partition coefficient (Wildman–Crippen LogP) is 3.25. The monoisotopic (exact) mass is 336 g/mol. The highest BCUT2D eigenvalue weighted by atomic mass is 79.9. The Morgan fingerprint density at radius 3 is 2.70 bits per heavy atom. The average Bonchev–Trinajstić information content (AvgIpc) is 2.91. The molecule has 4 nitrogen and oxygen atoms in total. The van der Waals surface area contributed by atoms with Gasteiger partial charge in [-0.15, -0.1) is 0 Å². The zero-order valence-corrected chi connectivity index (χ0v) is 12.2. The number of fused-ring (bicyclic) bond motifs is 1. The molecule has 0 amide bonds. The summed E-state index contributed by atoms with van der Waals surface area (Å²) in [6, 6.07) is 11.4. The Morgan fingerprint density at radius 2 is 1.95 bits per heavy atom. The fraction of sp³-hybridized carbons (Fsp3) is 0.200. The Morgan fingerprint density at radius 1 is 1.15 bits per heavy atom. The maximum atomic E-state index is 9.41. The molecule has 3 rings (SSSR count). The highest BCUT2D eigenvalue weighted by Gasteiger charge is 2.17. The summed E-state index contributed by atoms with van der Waals surface area (Å²) in [6.45, 7) is 0.520. The summed E-state index contributed by atoms with van der Waals surface area (Å²) in [4.78, 5) is 0. The van der Waals surface area contributed by atoms with Crippen LogP contribution >= 0.6 is 15.9 Å². The fourth-order valence-corrected chi connectivity index (χ4v) is 2.46. The second-order valence-corrected chi connectivity index (χ2v) is 5.31. The van der Waals surface area contributed by atoms with E-state index in [2.05, 4.69) is 15.9 Å². The van der Waals surface area contributed by atoms with Crippen molar-refractivity contribution in [2.45, 2.75) is 13.2 Å². The van der Waals surface area contributed by atoms with E-state index in [1.165, 1.54) is 0 Å². The summed E-state index contributed by atoms with van der Waals surface area (Å²) < 4.78 is 17.4. The summed E-state index contributed by atoms with van der Waals surface area (Å²) in [5.74, 6) is 1.90. The second-order valence-electron chi connectivity index (χ2n) is 4.39. The van der Waals surface area contributed by atoms with E-state index in [1.807, 2.05) is 24.3 Å². The van der Waals surface area contributed by atoms with Crippen molar-refractivity contribution in [1.82, 2.24) is 0 Å². The van der Waals surface area contributed by atoms with Crippen molar-refractivity contribution < 1.29 is 19.3 Å². The number of benzene rings is 2. The maximum absolute atomic E-state index is 9.41. The van der Waals surface area contributed by atoms with Crippen molar-refractivity contribution in [2.75, 3.05) is 6.79 Å². The van der Waals surface area contributed by atoms with Crippen LogP contribution in [0.2, 0.25) is 0 Å². The van der Waals surface area contributed by atoms with Gasteiger partial charge in [0.1, 0.15) is 12.4 Å². The van der Waals surface area contributed by atoms with Gasteiger partial charge in [-0.1, -0.05) is 28.1 Å². The highest BCUT2D eigenvalue weighted by Crippen LogP contribution is 2.38. The quantitative estimate of drug-likeness (QED) is 0.930. The van der Waals surface area contributed by atoms with Crippen LogP contribution in [0.15, 0.2) is 40.9 Å². The Labute approximate surface area is 125 Å². The van der Waals surface area contributed by atoms with Gasteiger partial charge in [0.25, 0.3) is 0 Å². The van der Waals surface area contributed by atoms with Crippen molar-refractivity contribution in [1.29, 1.82) is 0 Å². The van der Waals surface area contributed by atoms with Crippen molar-refractivity contribution in [3.05, 3.63) is 52.0 Å². The topological polar surface area (TPSA) is 47.9 Å². The minimum absolute atomic E-state index is 0.107. The summed E-state index contributed by atoms with van der Waals surface area (Å²) in [5, 5.41) is 9.41. The summed E-state index contributed by atoms with van der Waals surface area (Å²) in [6.07, 6.45) is 0. The van der Waals surface area contributed by atoms with Crippen LogP contribution in [-0.4, -0.2) is 11.9 Å². The fourth-order valence-electron chi connectivity index (χ4n) is 2.01. The van der Waals surface area contributed by atoms with E-state index in [0.29, 0.717) is 29.4 Å². The van der Waals surface area contributed by atoms with Gasteiger partial charge in [0, 0.05) is 16.1 Å². The molecule has 0 saturated heterocycles. The van der Waals surface area contributed by atoms with Crippen LogP contribution in [0.4, 0.5) is 0 Å². The molecule has 2 aromatic carbocycles. The number of hydrogen-bond acceptors (Lipinski definition) is 4. The van der Waals surface area contributed by atoms with Crippen LogP contribution in [0.5, 0.6) is 17.2 Å². The van der Waals surface area contributed by atoms with E-state index in [1.54, 1.807) is 12.1 Å². The second kappa shape index (κ2) is 5.73. The molecular weight excluding hydrogens is 324 g/mol. The van der Waals surface area contributed by atoms with Gasteiger partial charge >= 0.3 is 0 Å². The Balaban J connectivity index is 1.80. The predicted molar refractivity (Wildman–Crippen MR) is 77.0 cm³/mol. The Bertz CT molecular complexity index is 627. The molecule has 0 spiro atoms. The summed E-state index contributed by atoms with van der Waals surface area (Å²) in [5.41, 5.74) is 1.73. The first-order valence-electron chi connectivity index (χ1n) is 6.17. The van der Waals surface area contributed by atoms with Crippen LogP contribution in [0.25, 0.3) is 0 Å². The zero-order valence-electron chi connectivity index (χ0n) is 10.6. The minimum Gasteiger partial charge on any atom is -0.488 e. The lowest BCUT2D eigenvalue weighted by Gasteiger charge is -2.11. The van der Waals surface area contributed by atoms with Gasteiger partial charge in [-0.2, -0.15) is 0 Å². The standard InChI is InChI=1S/C15H13BrO4/c16-12-3-1-2-10(4-12)8-18-13-6-15-14(19-9-20-15)5-11(13)7-17/h1-6,17H,7-9H2. The number of rotatable bonds is 4. The molecule has 0 aromatic heterocycles. The first-order valence-corrected chi connectivity index (χ1v) is 6.96. The molecule has 20 heavy (non-hydrogen) atoms. The third-order valence-corrected chi connectivity index (χ3v) is 3.50. The molecule has 1 aliphatic heterocycles. The SMILES string of the molecule is OCc1cc2c(cc1OCc1cccc(Br)c1)OCO2. The molecular formula is C15H13BrO4. The molecule has 0 radical (unpaired) electrons. The van der Waals surface area contributed by atoms with Crippen molar-refractivity contribution in [3.8, 4) is 17.2 Å². The van der Waals surface area contributed by atoms with Gasteiger partial charge in [-0.3, -0.25) is 0 Å².